The molecule has 1 aromatic heterocycles. The van der Waals surface area contributed by atoms with Gasteiger partial charge in [-0.25, -0.2) is 0 Å². The molecule has 1 fully saturated rings. The molecule has 5 heteroatoms. The average Bonchev–Trinajstić information content (AvgIpc) is 3.01. The lowest BCUT2D eigenvalue weighted by molar-refractivity contribution is -0.114. The molecule has 2 heterocycles. The lowest BCUT2D eigenvalue weighted by Crippen LogP contribution is -2.40. The van der Waals surface area contributed by atoms with Gasteiger partial charge in [-0.15, -0.1) is 11.3 Å². The first kappa shape index (κ1) is 17.7. The van der Waals surface area contributed by atoms with Crippen molar-refractivity contribution in [1.29, 1.82) is 0 Å². The van der Waals surface area contributed by atoms with Crippen LogP contribution < -0.4 is 5.32 Å². The molecule has 4 nitrogen and oxygen atoms in total. The van der Waals surface area contributed by atoms with E-state index < -0.39 is 0 Å². The number of amides is 1. The number of fused-ring (bicyclic) bond motifs is 1. The van der Waals surface area contributed by atoms with Gasteiger partial charge in [-0.1, -0.05) is 30.3 Å². The third-order valence-electron chi connectivity index (χ3n) is 5.30. The fourth-order valence-electron chi connectivity index (χ4n) is 4.16. The monoisotopic (exact) mass is 370 g/mol. The summed E-state index contributed by atoms with van der Waals surface area (Å²) in [6.45, 7) is 4.98. The van der Waals surface area contributed by atoms with E-state index in [-0.39, 0.29) is 11.9 Å². The average molecular weight is 371 g/mol. The molecule has 2 aromatic rings. The minimum Gasteiger partial charge on any atom is -0.379 e. The summed E-state index contributed by atoms with van der Waals surface area (Å²) >= 11 is 1.79. The highest BCUT2D eigenvalue weighted by Gasteiger charge is 2.32. The van der Waals surface area contributed by atoms with Crippen molar-refractivity contribution in [3.63, 3.8) is 0 Å². The number of hydrogen-bond donors (Lipinski definition) is 1. The minimum absolute atomic E-state index is 0.0126. The van der Waals surface area contributed by atoms with Crippen LogP contribution in [0.25, 0.3) is 0 Å². The fourth-order valence-corrected chi connectivity index (χ4v) is 5.53. The molecule has 0 radical (unpaired) electrons. The van der Waals surface area contributed by atoms with Crippen molar-refractivity contribution in [3.8, 4) is 0 Å². The number of ether oxygens (including phenoxy) is 1. The summed E-state index contributed by atoms with van der Waals surface area (Å²) in [5.74, 6) is 0.0126. The zero-order chi connectivity index (χ0) is 17.9. The Kier molecular flexibility index (Phi) is 5.38. The molecule has 2 aliphatic rings. The van der Waals surface area contributed by atoms with Crippen LogP contribution in [0, 0.1) is 0 Å². The van der Waals surface area contributed by atoms with Crippen molar-refractivity contribution in [1.82, 2.24) is 4.90 Å². The Bertz CT molecular complexity index is 766. The highest BCUT2D eigenvalue weighted by molar-refractivity contribution is 7.16. The quantitative estimate of drug-likeness (QED) is 0.884. The molecule has 1 aromatic carbocycles. The standard InChI is InChI=1S/C21H26N2O2S/c1-15(24)22-21-19(17-9-5-6-10-18(17)26-21)20(16-7-3-2-4-8-16)23-11-13-25-14-12-23/h2-4,7-8,20H,5-6,9-14H2,1H3,(H,22,24)/t20-/m1/s1. The first-order valence-electron chi connectivity index (χ1n) is 9.53. The smallest absolute Gasteiger partial charge is 0.221 e. The zero-order valence-corrected chi connectivity index (χ0v) is 16.1. The largest absolute Gasteiger partial charge is 0.379 e. The van der Waals surface area contributed by atoms with Gasteiger partial charge in [0, 0.05) is 30.5 Å². The van der Waals surface area contributed by atoms with Gasteiger partial charge < -0.3 is 10.1 Å². The number of nitrogens with one attached hydrogen (secondary N) is 1. The van der Waals surface area contributed by atoms with Gasteiger partial charge in [0.2, 0.25) is 5.91 Å². The second-order valence-corrected chi connectivity index (χ2v) is 8.20. The second-order valence-electron chi connectivity index (χ2n) is 7.10. The Hall–Kier alpha value is -1.69. The summed E-state index contributed by atoms with van der Waals surface area (Å²) in [5, 5.41) is 4.19. The van der Waals surface area contributed by atoms with Crippen LogP contribution in [0.15, 0.2) is 30.3 Å². The van der Waals surface area contributed by atoms with E-state index in [1.54, 1.807) is 18.3 Å². The van der Waals surface area contributed by atoms with Crippen molar-refractivity contribution >= 4 is 22.2 Å². The lowest BCUT2D eigenvalue weighted by Gasteiger charge is -2.36. The predicted octanol–water partition coefficient (Wildman–Crippen LogP) is 4.01. The SMILES string of the molecule is CC(=O)Nc1sc2c(c1[C@@H](c1ccccc1)N1CCOCC1)CCCC2. The summed E-state index contributed by atoms with van der Waals surface area (Å²) in [5.41, 5.74) is 4.10. The molecule has 26 heavy (non-hydrogen) atoms. The van der Waals surface area contributed by atoms with Gasteiger partial charge in [-0.05, 0) is 36.8 Å². The van der Waals surface area contributed by atoms with E-state index in [4.69, 9.17) is 4.74 Å². The van der Waals surface area contributed by atoms with Crippen LogP contribution in [-0.4, -0.2) is 37.1 Å². The molecule has 1 saturated heterocycles. The molecule has 0 unspecified atom stereocenters. The number of rotatable bonds is 4. The number of morpholine rings is 1. The highest BCUT2D eigenvalue weighted by Crippen LogP contribution is 2.45. The van der Waals surface area contributed by atoms with Crippen LogP contribution in [0.3, 0.4) is 0 Å². The Morgan fingerprint density at radius 3 is 2.62 bits per heavy atom. The van der Waals surface area contributed by atoms with Gasteiger partial charge in [0.25, 0.3) is 0 Å². The van der Waals surface area contributed by atoms with E-state index >= 15 is 0 Å². The van der Waals surface area contributed by atoms with E-state index in [0.29, 0.717) is 0 Å². The van der Waals surface area contributed by atoms with E-state index in [0.717, 1.165) is 44.1 Å². The van der Waals surface area contributed by atoms with Gasteiger partial charge in [-0.2, -0.15) is 0 Å². The summed E-state index contributed by atoms with van der Waals surface area (Å²) in [6.07, 6.45) is 4.74. The topological polar surface area (TPSA) is 41.6 Å². The van der Waals surface area contributed by atoms with Crippen LogP contribution in [0.4, 0.5) is 5.00 Å². The number of aryl methyl sites for hydroxylation is 1. The number of carbonyl (C=O) groups excluding carboxylic acids is 1. The minimum atomic E-state index is 0.0126. The molecule has 0 saturated carbocycles. The lowest BCUT2D eigenvalue weighted by atomic mass is 9.88. The van der Waals surface area contributed by atoms with E-state index in [1.165, 1.54) is 34.4 Å². The molecular weight excluding hydrogens is 344 g/mol. The summed E-state index contributed by atoms with van der Waals surface area (Å²) in [6, 6.07) is 10.9. The van der Waals surface area contributed by atoms with Gasteiger partial charge in [0.15, 0.2) is 0 Å². The van der Waals surface area contributed by atoms with Crippen LogP contribution in [0.1, 0.15) is 47.4 Å². The molecule has 0 spiro atoms. The third kappa shape index (κ3) is 3.56. The molecule has 4 rings (SSSR count). The predicted molar refractivity (Wildman–Crippen MR) is 106 cm³/mol. The van der Waals surface area contributed by atoms with Crippen LogP contribution in [0.5, 0.6) is 0 Å². The van der Waals surface area contributed by atoms with Crippen LogP contribution in [0.2, 0.25) is 0 Å². The Morgan fingerprint density at radius 2 is 1.88 bits per heavy atom. The van der Waals surface area contributed by atoms with Crippen molar-refractivity contribution in [2.45, 2.75) is 38.6 Å². The molecule has 1 atom stereocenters. The number of thiophene rings is 1. The number of benzene rings is 1. The second kappa shape index (κ2) is 7.91. The van der Waals surface area contributed by atoms with Gasteiger partial charge in [-0.3, -0.25) is 9.69 Å². The van der Waals surface area contributed by atoms with Gasteiger partial charge >= 0.3 is 0 Å². The molecular formula is C21H26N2O2S. The van der Waals surface area contributed by atoms with Crippen molar-refractivity contribution in [2.75, 3.05) is 31.6 Å². The maximum atomic E-state index is 11.9. The maximum absolute atomic E-state index is 11.9. The number of carbonyl (C=O) groups is 1. The van der Waals surface area contributed by atoms with Gasteiger partial charge in [0.1, 0.15) is 5.00 Å². The maximum Gasteiger partial charge on any atom is 0.221 e. The van der Waals surface area contributed by atoms with Crippen LogP contribution in [-0.2, 0) is 22.4 Å². The normalized spacial score (nSPS) is 19.0. The third-order valence-corrected chi connectivity index (χ3v) is 6.52. The Morgan fingerprint density at radius 1 is 1.15 bits per heavy atom. The van der Waals surface area contributed by atoms with Gasteiger partial charge in [0.05, 0.1) is 19.3 Å². The zero-order valence-electron chi connectivity index (χ0n) is 15.3. The molecule has 0 bridgehead atoms. The van der Waals surface area contributed by atoms with E-state index in [2.05, 4.69) is 40.5 Å². The summed E-state index contributed by atoms with van der Waals surface area (Å²) in [7, 11) is 0. The molecule has 1 N–H and O–H groups in total. The highest BCUT2D eigenvalue weighted by atomic mass is 32.1. The number of nitrogens with zero attached hydrogens (tertiary/aromatic N) is 1. The Labute approximate surface area is 159 Å². The van der Waals surface area contributed by atoms with E-state index in [9.17, 15) is 4.79 Å². The first-order valence-corrected chi connectivity index (χ1v) is 10.3. The first-order chi connectivity index (χ1) is 12.7. The fraction of sp³-hybridized carbons (Fsp3) is 0.476. The van der Waals surface area contributed by atoms with Crippen LogP contribution >= 0.6 is 11.3 Å². The summed E-state index contributed by atoms with van der Waals surface area (Å²) in [4.78, 5) is 15.9. The van der Waals surface area contributed by atoms with Crippen molar-refractivity contribution in [2.24, 2.45) is 0 Å². The molecule has 138 valence electrons. The molecule has 1 aliphatic heterocycles. The molecule has 1 aliphatic carbocycles. The van der Waals surface area contributed by atoms with Crippen molar-refractivity contribution in [3.05, 3.63) is 51.9 Å². The number of hydrogen-bond acceptors (Lipinski definition) is 4. The Balaban J connectivity index is 1.84. The summed E-state index contributed by atoms with van der Waals surface area (Å²) < 4.78 is 5.60. The molecule has 1 amide bonds. The number of anilines is 1. The van der Waals surface area contributed by atoms with E-state index in [1.807, 2.05) is 0 Å². The van der Waals surface area contributed by atoms with Crippen molar-refractivity contribution < 1.29 is 9.53 Å².